The molecule has 1 aliphatic rings. The van der Waals surface area contributed by atoms with Gasteiger partial charge in [0.25, 0.3) is 0 Å². The molecule has 122 valence electrons. The van der Waals surface area contributed by atoms with Crippen molar-refractivity contribution in [2.75, 3.05) is 6.61 Å². The van der Waals surface area contributed by atoms with E-state index < -0.39 is 16.1 Å². The Labute approximate surface area is 134 Å². The molecule has 0 bridgehead atoms. The molecule has 1 fully saturated rings. The molecule has 1 aliphatic heterocycles. The van der Waals surface area contributed by atoms with Crippen molar-refractivity contribution in [1.82, 2.24) is 9.71 Å². The van der Waals surface area contributed by atoms with Crippen LogP contribution in [0.5, 0.6) is 0 Å². The van der Waals surface area contributed by atoms with Gasteiger partial charge in [0.15, 0.2) is 0 Å². The van der Waals surface area contributed by atoms with Gasteiger partial charge in [-0.25, -0.2) is 17.5 Å². The van der Waals surface area contributed by atoms with Gasteiger partial charge in [0.05, 0.1) is 12.1 Å². The van der Waals surface area contributed by atoms with Crippen LogP contribution in [0.4, 0.5) is 4.39 Å². The van der Waals surface area contributed by atoms with Gasteiger partial charge in [-0.2, -0.15) is 0 Å². The monoisotopic (exact) mass is 336 g/mol. The number of ether oxygens (including phenoxy) is 1. The van der Waals surface area contributed by atoms with Crippen molar-refractivity contribution in [1.29, 1.82) is 0 Å². The molecule has 0 aliphatic carbocycles. The maximum Gasteiger partial charge on any atom is 0.242 e. The van der Waals surface area contributed by atoms with E-state index in [1.54, 1.807) is 18.2 Å². The average molecular weight is 336 g/mol. The predicted molar refractivity (Wildman–Crippen MR) is 82.7 cm³/mol. The van der Waals surface area contributed by atoms with Crippen LogP contribution >= 0.6 is 0 Å². The first-order chi connectivity index (χ1) is 11.1. The third kappa shape index (κ3) is 3.74. The minimum absolute atomic E-state index is 0.0881. The lowest BCUT2D eigenvalue weighted by atomic mass is 10.0. The lowest BCUT2D eigenvalue weighted by molar-refractivity contribution is 0.0851. The normalized spacial score (nSPS) is 19.6. The van der Waals surface area contributed by atoms with Crippen LogP contribution in [0.25, 0.3) is 0 Å². The minimum atomic E-state index is -3.74. The van der Waals surface area contributed by atoms with Crippen LogP contribution in [-0.4, -0.2) is 26.1 Å². The molecule has 1 aromatic carbocycles. The summed E-state index contributed by atoms with van der Waals surface area (Å²) < 4.78 is 46.6. The summed E-state index contributed by atoms with van der Waals surface area (Å²) in [4.78, 5) is 3.93. The molecule has 0 spiro atoms. The highest BCUT2D eigenvalue weighted by molar-refractivity contribution is 7.89. The standard InChI is InChI=1S/C16H17FN2O3S/c17-13-7-5-12(6-8-13)16(15-4-2-10-22-15)19-23(20,21)14-3-1-9-18-11-14/h1,3,5-9,11,15-16,19H,2,4,10H2/t15-,16-/m1/s1. The van der Waals surface area contributed by atoms with Crippen molar-refractivity contribution >= 4 is 10.0 Å². The summed E-state index contributed by atoms with van der Waals surface area (Å²) in [6.45, 7) is 0.594. The van der Waals surface area contributed by atoms with E-state index >= 15 is 0 Å². The third-order valence-electron chi connectivity index (χ3n) is 3.79. The topological polar surface area (TPSA) is 68.3 Å². The van der Waals surface area contributed by atoms with Crippen LogP contribution < -0.4 is 4.72 Å². The number of benzene rings is 1. The highest BCUT2D eigenvalue weighted by Crippen LogP contribution is 2.28. The zero-order valence-electron chi connectivity index (χ0n) is 12.4. The predicted octanol–water partition coefficient (Wildman–Crippen LogP) is 2.42. The number of pyridine rings is 1. The van der Waals surface area contributed by atoms with Gasteiger partial charge in [-0.15, -0.1) is 0 Å². The number of rotatable bonds is 5. The van der Waals surface area contributed by atoms with E-state index in [1.807, 2.05) is 0 Å². The summed E-state index contributed by atoms with van der Waals surface area (Å²) in [6, 6.07) is 8.26. The first-order valence-corrected chi connectivity index (χ1v) is 8.84. The lowest BCUT2D eigenvalue weighted by Gasteiger charge is -2.24. The fourth-order valence-electron chi connectivity index (χ4n) is 2.64. The summed E-state index contributed by atoms with van der Waals surface area (Å²) >= 11 is 0. The molecular weight excluding hydrogens is 319 g/mol. The van der Waals surface area contributed by atoms with Gasteiger partial charge in [-0.1, -0.05) is 12.1 Å². The molecule has 1 N–H and O–H groups in total. The van der Waals surface area contributed by atoms with Gasteiger partial charge in [0, 0.05) is 19.0 Å². The van der Waals surface area contributed by atoms with Crippen LogP contribution in [0.1, 0.15) is 24.4 Å². The van der Waals surface area contributed by atoms with Crippen molar-refractivity contribution in [3.05, 3.63) is 60.2 Å². The van der Waals surface area contributed by atoms with E-state index in [1.165, 1.54) is 30.6 Å². The van der Waals surface area contributed by atoms with Crippen LogP contribution in [0.3, 0.4) is 0 Å². The summed E-state index contributed by atoms with van der Waals surface area (Å²) in [7, 11) is -3.74. The van der Waals surface area contributed by atoms with Crippen molar-refractivity contribution in [3.63, 3.8) is 0 Å². The number of sulfonamides is 1. The lowest BCUT2D eigenvalue weighted by Crippen LogP contribution is -2.36. The fourth-order valence-corrected chi connectivity index (χ4v) is 3.85. The highest BCUT2D eigenvalue weighted by atomic mass is 32.2. The molecule has 2 atom stereocenters. The van der Waals surface area contributed by atoms with E-state index in [9.17, 15) is 12.8 Å². The van der Waals surface area contributed by atoms with Gasteiger partial charge >= 0.3 is 0 Å². The summed E-state index contributed by atoms with van der Waals surface area (Å²) in [5.74, 6) is -0.366. The molecule has 7 heteroatoms. The second kappa shape index (κ2) is 6.74. The number of nitrogens with zero attached hydrogens (tertiary/aromatic N) is 1. The molecular formula is C16H17FN2O3S. The summed E-state index contributed by atoms with van der Waals surface area (Å²) in [5, 5.41) is 0. The van der Waals surface area contributed by atoms with Crippen molar-refractivity contribution in [3.8, 4) is 0 Å². The number of nitrogens with one attached hydrogen (secondary N) is 1. The van der Waals surface area contributed by atoms with Gasteiger partial charge in [-0.05, 0) is 42.7 Å². The van der Waals surface area contributed by atoms with Crippen molar-refractivity contribution < 1.29 is 17.5 Å². The van der Waals surface area contributed by atoms with Crippen LogP contribution in [0, 0.1) is 5.82 Å². The Hall–Kier alpha value is -1.83. The molecule has 2 heterocycles. The molecule has 0 saturated carbocycles. The third-order valence-corrected chi connectivity index (χ3v) is 5.22. The molecule has 0 amide bonds. The Morgan fingerprint density at radius 3 is 2.65 bits per heavy atom. The first kappa shape index (κ1) is 16.0. The van der Waals surface area contributed by atoms with E-state index in [4.69, 9.17) is 4.74 Å². The first-order valence-electron chi connectivity index (χ1n) is 7.36. The van der Waals surface area contributed by atoms with Crippen molar-refractivity contribution in [2.24, 2.45) is 0 Å². The van der Waals surface area contributed by atoms with E-state index in [0.29, 0.717) is 12.2 Å². The minimum Gasteiger partial charge on any atom is -0.376 e. The van der Waals surface area contributed by atoms with Gasteiger partial charge in [-0.3, -0.25) is 4.98 Å². The summed E-state index contributed by atoms with van der Waals surface area (Å²) in [5.41, 5.74) is 0.672. The Morgan fingerprint density at radius 1 is 1.26 bits per heavy atom. The fraction of sp³-hybridized carbons (Fsp3) is 0.312. The average Bonchev–Trinajstić information content (AvgIpc) is 3.09. The maximum absolute atomic E-state index is 13.2. The van der Waals surface area contributed by atoms with Crippen LogP contribution in [0.15, 0.2) is 53.7 Å². The summed E-state index contributed by atoms with van der Waals surface area (Å²) in [6.07, 6.45) is 4.15. The van der Waals surface area contributed by atoms with Crippen molar-refractivity contribution in [2.45, 2.75) is 29.9 Å². The molecule has 0 radical (unpaired) electrons. The van der Waals surface area contributed by atoms with E-state index in [2.05, 4.69) is 9.71 Å². The zero-order valence-corrected chi connectivity index (χ0v) is 13.2. The second-order valence-electron chi connectivity index (χ2n) is 5.39. The van der Waals surface area contributed by atoms with Gasteiger partial charge in [0.2, 0.25) is 10.0 Å². The number of halogens is 1. The molecule has 1 saturated heterocycles. The second-order valence-corrected chi connectivity index (χ2v) is 7.10. The maximum atomic E-state index is 13.2. The number of aromatic nitrogens is 1. The molecule has 5 nitrogen and oxygen atoms in total. The smallest absolute Gasteiger partial charge is 0.242 e. The highest BCUT2D eigenvalue weighted by Gasteiger charge is 2.31. The Balaban J connectivity index is 1.91. The Kier molecular flexibility index (Phi) is 4.70. The molecule has 1 aromatic heterocycles. The SMILES string of the molecule is O=S(=O)(N[C@H](c1ccc(F)cc1)[C@H]1CCCO1)c1cccnc1. The van der Waals surface area contributed by atoms with E-state index in [0.717, 1.165) is 12.8 Å². The van der Waals surface area contributed by atoms with Crippen LogP contribution in [-0.2, 0) is 14.8 Å². The van der Waals surface area contributed by atoms with Crippen LogP contribution in [0.2, 0.25) is 0 Å². The molecule has 2 aromatic rings. The number of hydrogen-bond donors (Lipinski definition) is 1. The Bertz CT molecular complexity index is 745. The zero-order chi connectivity index (χ0) is 16.3. The molecule has 3 rings (SSSR count). The number of hydrogen-bond acceptors (Lipinski definition) is 4. The molecule has 0 unspecified atom stereocenters. The largest absolute Gasteiger partial charge is 0.376 e. The Morgan fingerprint density at radius 2 is 2.04 bits per heavy atom. The van der Waals surface area contributed by atoms with Gasteiger partial charge < -0.3 is 4.74 Å². The molecule has 23 heavy (non-hydrogen) atoms. The quantitative estimate of drug-likeness (QED) is 0.910. The van der Waals surface area contributed by atoms with E-state index in [-0.39, 0.29) is 16.8 Å². The van der Waals surface area contributed by atoms with Gasteiger partial charge in [0.1, 0.15) is 10.7 Å².